The van der Waals surface area contributed by atoms with E-state index in [2.05, 4.69) is 0 Å². The van der Waals surface area contributed by atoms with Gasteiger partial charge in [-0.05, 0) is 54.4 Å². The van der Waals surface area contributed by atoms with Crippen molar-refractivity contribution in [2.75, 3.05) is 24.1 Å². The van der Waals surface area contributed by atoms with Crippen molar-refractivity contribution in [2.45, 2.75) is 11.3 Å². The van der Waals surface area contributed by atoms with Crippen molar-refractivity contribution in [3.8, 4) is 5.75 Å². The van der Waals surface area contributed by atoms with Gasteiger partial charge in [0.2, 0.25) is 0 Å². The van der Waals surface area contributed by atoms with Crippen LogP contribution in [0.5, 0.6) is 5.75 Å². The van der Waals surface area contributed by atoms with Gasteiger partial charge in [0.1, 0.15) is 19.0 Å². The fourth-order valence-corrected chi connectivity index (χ4v) is 5.44. The highest BCUT2D eigenvalue weighted by molar-refractivity contribution is 7.92. The molecule has 0 bridgehead atoms. The molecule has 1 heterocycles. The number of benzene rings is 3. The minimum absolute atomic E-state index is 0.0335. The summed E-state index contributed by atoms with van der Waals surface area (Å²) in [6.45, 7) is 0.408. The molecule has 32 heavy (non-hydrogen) atoms. The second-order valence-corrected chi connectivity index (χ2v) is 9.75. The molecular weight excluding hydrogens is 473 g/mol. The molecule has 0 amide bonds. The van der Waals surface area contributed by atoms with Gasteiger partial charge in [-0.15, -0.1) is 0 Å². The van der Waals surface area contributed by atoms with Crippen molar-refractivity contribution >= 4 is 44.9 Å². The minimum Gasteiger partial charge on any atom is -0.488 e. The van der Waals surface area contributed by atoms with E-state index in [-0.39, 0.29) is 23.7 Å². The highest BCUT2D eigenvalue weighted by Crippen LogP contribution is 2.33. The number of ether oxygens (including phenoxy) is 2. The third kappa shape index (κ3) is 4.70. The van der Waals surface area contributed by atoms with Crippen LogP contribution in [0.15, 0.2) is 71.6 Å². The number of anilines is 1. The third-order valence-corrected chi connectivity index (χ3v) is 7.31. The van der Waals surface area contributed by atoms with E-state index in [0.29, 0.717) is 34.4 Å². The summed E-state index contributed by atoms with van der Waals surface area (Å²) in [4.78, 5) is 12.5. The van der Waals surface area contributed by atoms with E-state index in [1.165, 1.54) is 28.6 Å². The van der Waals surface area contributed by atoms with E-state index in [4.69, 9.17) is 32.7 Å². The molecule has 0 unspecified atom stereocenters. The largest absolute Gasteiger partial charge is 0.488 e. The van der Waals surface area contributed by atoms with Gasteiger partial charge < -0.3 is 9.47 Å². The first-order valence-corrected chi connectivity index (χ1v) is 12.0. The van der Waals surface area contributed by atoms with Gasteiger partial charge in [0, 0.05) is 11.6 Å². The Morgan fingerprint density at radius 2 is 1.78 bits per heavy atom. The SMILES string of the molecule is O=C(OCCOc1ccc(Cl)cc1Cl)c1cccc(S(=O)(=O)N2CCc3ccccc32)c1. The van der Waals surface area contributed by atoms with Crippen LogP contribution in [-0.2, 0) is 21.2 Å². The maximum atomic E-state index is 13.2. The molecule has 0 saturated carbocycles. The maximum absolute atomic E-state index is 13.2. The van der Waals surface area contributed by atoms with Crippen LogP contribution in [0, 0.1) is 0 Å². The van der Waals surface area contributed by atoms with E-state index >= 15 is 0 Å². The first-order valence-electron chi connectivity index (χ1n) is 9.82. The Bertz CT molecular complexity index is 1260. The quantitative estimate of drug-likeness (QED) is 0.344. The highest BCUT2D eigenvalue weighted by atomic mass is 35.5. The molecule has 9 heteroatoms. The molecule has 3 aromatic rings. The summed E-state index contributed by atoms with van der Waals surface area (Å²) < 4.78 is 38.4. The number of hydrogen-bond acceptors (Lipinski definition) is 5. The predicted molar refractivity (Wildman–Crippen MR) is 123 cm³/mol. The lowest BCUT2D eigenvalue weighted by molar-refractivity contribution is 0.0450. The van der Waals surface area contributed by atoms with E-state index in [1.807, 2.05) is 12.1 Å². The summed E-state index contributed by atoms with van der Waals surface area (Å²) in [5.41, 5.74) is 1.79. The van der Waals surface area contributed by atoms with Crippen LogP contribution in [0.3, 0.4) is 0 Å². The van der Waals surface area contributed by atoms with Gasteiger partial charge in [0.25, 0.3) is 10.0 Å². The first kappa shape index (κ1) is 22.5. The zero-order valence-corrected chi connectivity index (χ0v) is 19.2. The van der Waals surface area contributed by atoms with E-state index < -0.39 is 16.0 Å². The molecule has 3 aromatic carbocycles. The molecular formula is C23H19Cl2NO5S. The fourth-order valence-electron chi connectivity index (χ4n) is 3.43. The van der Waals surface area contributed by atoms with Gasteiger partial charge in [-0.2, -0.15) is 0 Å². The van der Waals surface area contributed by atoms with Gasteiger partial charge in [-0.1, -0.05) is 47.5 Å². The topological polar surface area (TPSA) is 72.9 Å². The second kappa shape index (κ2) is 9.40. The lowest BCUT2D eigenvalue weighted by Crippen LogP contribution is -2.29. The van der Waals surface area contributed by atoms with Gasteiger partial charge in [0.05, 0.1) is 21.2 Å². The van der Waals surface area contributed by atoms with Gasteiger partial charge >= 0.3 is 5.97 Å². The minimum atomic E-state index is -3.80. The highest BCUT2D eigenvalue weighted by Gasteiger charge is 2.31. The number of para-hydroxylation sites is 1. The summed E-state index contributed by atoms with van der Waals surface area (Å²) in [6.07, 6.45) is 0.648. The number of rotatable bonds is 7. The fraction of sp³-hybridized carbons (Fsp3) is 0.174. The Morgan fingerprint density at radius 3 is 2.59 bits per heavy atom. The predicted octanol–water partition coefficient (Wildman–Crippen LogP) is 4.98. The average molecular weight is 492 g/mol. The van der Waals surface area contributed by atoms with E-state index in [1.54, 1.807) is 30.3 Å². The number of esters is 1. The molecule has 166 valence electrons. The molecule has 6 nitrogen and oxygen atoms in total. The van der Waals surface area contributed by atoms with Gasteiger partial charge in [-0.3, -0.25) is 4.31 Å². The van der Waals surface area contributed by atoms with Crippen LogP contribution >= 0.6 is 23.2 Å². The normalized spacial score (nSPS) is 13.0. The summed E-state index contributed by atoms with van der Waals surface area (Å²) in [7, 11) is -3.80. The van der Waals surface area contributed by atoms with Crippen LogP contribution in [0.1, 0.15) is 15.9 Å². The van der Waals surface area contributed by atoms with Crippen molar-refractivity contribution in [3.05, 3.63) is 87.9 Å². The van der Waals surface area contributed by atoms with E-state index in [0.717, 1.165) is 5.56 Å². The summed E-state index contributed by atoms with van der Waals surface area (Å²) in [5, 5.41) is 0.839. The zero-order valence-electron chi connectivity index (χ0n) is 16.8. The molecule has 0 atom stereocenters. The average Bonchev–Trinajstić information content (AvgIpc) is 3.23. The van der Waals surface area contributed by atoms with Crippen molar-refractivity contribution in [1.29, 1.82) is 0 Å². The standard InChI is InChI=1S/C23H19Cl2NO5S/c24-18-8-9-22(20(25)15-18)30-12-13-31-23(27)17-5-3-6-19(14-17)32(28,29)26-11-10-16-4-1-2-7-21(16)26/h1-9,14-15H,10-13H2. The smallest absolute Gasteiger partial charge is 0.338 e. The lowest BCUT2D eigenvalue weighted by atomic mass is 10.2. The van der Waals surface area contributed by atoms with Crippen LogP contribution < -0.4 is 9.04 Å². The first-order chi connectivity index (χ1) is 15.4. The lowest BCUT2D eigenvalue weighted by Gasteiger charge is -2.19. The number of carbonyl (C=O) groups excluding carboxylic acids is 1. The Labute approximate surface area is 196 Å². The Hall–Kier alpha value is -2.74. The number of sulfonamides is 1. The van der Waals surface area contributed by atoms with Crippen LogP contribution in [0.4, 0.5) is 5.69 Å². The number of hydrogen-bond donors (Lipinski definition) is 0. The number of carbonyl (C=O) groups is 1. The maximum Gasteiger partial charge on any atom is 0.338 e. The van der Waals surface area contributed by atoms with Gasteiger partial charge in [-0.25, -0.2) is 13.2 Å². The van der Waals surface area contributed by atoms with Crippen molar-refractivity contribution in [2.24, 2.45) is 0 Å². The molecule has 0 spiro atoms. The number of nitrogens with zero attached hydrogens (tertiary/aromatic N) is 1. The molecule has 4 rings (SSSR count). The molecule has 1 aliphatic rings. The van der Waals surface area contributed by atoms with Crippen molar-refractivity contribution < 1.29 is 22.7 Å². The molecule has 0 radical (unpaired) electrons. The molecule has 0 aromatic heterocycles. The summed E-state index contributed by atoms with van der Waals surface area (Å²) in [6, 6.07) is 18.0. The zero-order chi connectivity index (χ0) is 22.7. The Kier molecular flexibility index (Phi) is 6.60. The van der Waals surface area contributed by atoms with Crippen LogP contribution in [-0.4, -0.2) is 34.1 Å². The van der Waals surface area contributed by atoms with Gasteiger partial charge in [0.15, 0.2) is 0 Å². The van der Waals surface area contributed by atoms with E-state index in [9.17, 15) is 13.2 Å². The Balaban J connectivity index is 1.41. The molecule has 0 N–H and O–H groups in total. The second-order valence-electron chi connectivity index (χ2n) is 7.04. The molecule has 0 saturated heterocycles. The summed E-state index contributed by atoms with van der Waals surface area (Å²) in [5.74, 6) is -0.222. The number of halogens is 2. The summed E-state index contributed by atoms with van der Waals surface area (Å²) >= 11 is 11.9. The molecule has 0 aliphatic carbocycles. The van der Waals surface area contributed by atoms with Crippen molar-refractivity contribution in [1.82, 2.24) is 0 Å². The Morgan fingerprint density at radius 1 is 0.969 bits per heavy atom. The number of fused-ring (bicyclic) bond motifs is 1. The van der Waals surface area contributed by atoms with Crippen LogP contribution in [0.25, 0.3) is 0 Å². The molecule has 0 fully saturated rings. The molecule has 1 aliphatic heterocycles. The monoisotopic (exact) mass is 491 g/mol. The van der Waals surface area contributed by atoms with Crippen LogP contribution in [0.2, 0.25) is 10.0 Å². The third-order valence-electron chi connectivity index (χ3n) is 4.97. The van der Waals surface area contributed by atoms with Crippen molar-refractivity contribution in [3.63, 3.8) is 0 Å².